The van der Waals surface area contributed by atoms with Crippen LogP contribution in [0.1, 0.15) is 180 Å². The summed E-state index contributed by atoms with van der Waals surface area (Å²) in [6.45, 7) is 7.53. The van der Waals surface area contributed by atoms with Crippen LogP contribution in [0, 0.1) is 23.7 Å². The van der Waals surface area contributed by atoms with Crippen molar-refractivity contribution in [2.24, 2.45) is 23.7 Å². The number of likely N-dealkylation sites (N-methyl/N-ethyl adjacent to an activating group) is 8. The van der Waals surface area contributed by atoms with Crippen molar-refractivity contribution in [3.8, 4) is 0 Å². The van der Waals surface area contributed by atoms with Crippen LogP contribution < -0.4 is 16.0 Å². The summed E-state index contributed by atoms with van der Waals surface area (Å²) in [5.41, 5.74) is -1.91. The minimum absolute atomic E-state index is 0.118. The second-order valence-corrected chi connectivity index (χ2v) is 29.9. The molecule has 1 unspecified atom stereocenters. The molecule has 9 atom stereocenters. The predicted octanol–water partition coefficient (Wildman–Crippen LogP) is 5.72. The Hall–Kier alpha value is -6.45. The number of rotatable bonds is 33. The van der Waals surface area contributed by atoms with E-state index in [2.05, 4.69) is 16.0 Å². The number of alkyl halides is 3. The molecule has 0 bridgehead atoms. The first-order chi connectivity index (χ1) is 47.2. The number of aryl methyl sites for hydroxylation is 1. The summed E-state index contributed by atoms with van der Waals surface area (Å²) in [6.07, 6.45) is 6.89. The molecule has 3 aliphatic carbocycles. The number of hydrogen-bond donors (Lipinski definition) is 4. The van der Waals surface area contributed by atoms with Crippen molar-refractivity contribution in [2.45, 2.75) is 236 Å². The number of carbonyl (C=O) groups is 11. The Balaban J connectivity index is 1.19. The molecule has 24 nitrogen and oxygen atoms in total. The first-order valence-corrected chi connectivity index (χ1v) is 36.7. The van der Waals surface area contributed by atoms with Crippen molar-refractivity contribution >= 4 is 77.0 Å². The molecule has 0 aromatic heterocycles. The molecule has 562 valence electrons. The Morgan fingerprint density at radius 3 is 1.82 bits per heavy atom. The third-order valence-electron chi connectivity index (χ3n) is 22.0. The van der Waals surface area contributed by atoms with Crippen LogP contribution in [-0.4, -0.2) is 264 Å². The van der Waals surface area contributed by atoms with E-state index in [0.29, 0.717) is 69.9 Å². The molecular weight excluding hydrogens is 1320 g/mol. The van der Waals surface area contributed by atoms with Gasteiger partial charge in [0.1, 0.15) is 48.3 Å². The lowest BCUT2D eigenvalue weighted by atomic mass is 9.81. The molecule has 0 radical (unpaired) electrons. The SMILES string of the molecule is CC[C@H](C)[C@H](NC(=O)[C@H](CC(C)C)N(C)C(O)C[C@@H](C(=O)N1CCCCC1)N(C)C(=O)[C@H](C1CCCCC1)N(C)C(=O)C1(NC(=O)[C@@H]2CCCN2C(=O)[C@H](CCc2ccc(C(F)(F)F)c(Cl)c2)NC)CCCC1)C(=O)N(C)CC(=O)N(C)CC(=O)N(C)[C@H](C(=O)N(C)CC=O)C1CCCC1. The van der Waals surface area contributed by atoms with Crippen molar-refractivity contribution in [3.63, 3.8) is 0 Å². The third-order valence-corrected chi connectivity index (χ3v) is 22.3. The average Bonchev–Trinajstić information content (AvgIpc) is 1.40. The van der Waals surface area contributed by atoms with E-state index in [9.17, 15) is 56.6 Å². The fourth-order valence-corrected chi connectivity index (χ4v) is 15.9. The molecule has 2 saturated heterocycles. The van der Waals surface area contributed by atoms with Crippen LogP contribution in [0.3, 0.4) is 0 Å². The van der Waals surface area contributed by atoms with Crippen LogP contribution in [-0.2, 0) is 65.3 Å². The number of nitrogens with one attached hydrogen (secondary N) is 3. The van der Waals surface area contributed by atoms with Gasteiger partial charge < -0.3 is 65.1 Å². The fraction of sp³-hybridized carbons (Fsp3) is 0.764. The molecule has 2 aliphatic heterocycles. The zero-order chi connectivity index (χ0) is 74.1. The van der Waals surface area contributed by atoms with Gasteiger partial charge in [0, 0.05) is 68.3 Å². The summed E-state index contributed by atoms with van der Waals surface area (Å²) in [7, 11) is 12.1. The minimum atomic E-state index is -4.63. The van der Waals surface area contributed by atoms with E-state index in [0.717, 1.165) is 70.3 Å². The maximum atomic E-state index is 15.8. The fourth-order valence-electron chi connectivity index (χ4n) is 15.5. The normalized spacial score (nSPS) is 19.9. The molecule has 10 amide bonds. The van der Waals surface area contributed by atoms with Gasteiger partial charge in [-0.3, -0.25) is 52.8 Å². The van der Waals surface area contributed by atoms with E-state index in [1.54, 1.807) is 33.0 Å². The van der Waals surface area contributed by atoms with Gasteiger partial charge in [0.2, 0.25) is 59.1 Å². The van der Waals surface area contributed by atoms with Crippen LogP contribution >= 0.6 is 11.6 Å². The summed E-state index contributed by atoms with van der Waals surface area (Å²) in [4.78, 5) is 170. The molecule has 5 aliphatic rings. The smallest absolute Gasteiger partial charge is 0.378 e. The number of hydrogen-bond acceptors (Lipinski definition) is 14. The zero-order valence-electron chi connectivity index (χ0n) is 61.2. The second-order valence-electron chi connectivity index (χ2n) is 29.5. The van der Waals surface area contributed by atoms with Crippen LogP contribution in [0.2, 0.25) is 5.02 Å². The van der Waals surface area contributed by atoms with Crippen molar-refractivity contribution in [1.82, 2.24) is 60.0 Å². The van der Waals surface area contributed by atoms with Gasteiger partial charge in [-0.2, -0.15) is 13.2 Å². The van der Waals surface area contributed by atoms with E-state index >= 15 is 14.4 Å². The Labute approximate surface area is 594 Å². The van der Waals surface area contributed by atoms with E-state index in [-0.39, 0.29) is 81.2 Å². The molecule has 100 heavy (non-hydrogen) atoms. The molecule has 4 N–H and O–H groups in total. The number of aliphatic hydroxyl groups excluding tert-OH is 1. The first-order valence-electron chi connectivity index (χ1n) is 36.3. The van der Waals surface area contributed by atoms with Gasteiger partial charge in [-0.15, -0.1) is 0 Å². The average molecular weight is 1430 g/mol. The lowest BCUT2D eigenvalue weighted by Crippen LogP contribution is -2.65. The first kappa shape index (κ1) is 82.5. The van der Waals surface area contributed by atoms with Crippen molar-refractivity contribution in [2.75, 3.05) is 95.6 Å². The number of nitrogens with zero attached hydrogens (tertiary/aromatic N) is 9. The highest BCUT2D eigenvalue weighted by Gasteiger charge is 2.51. The van der Waals surface area contributed by atoms with Crippen LogP contribution in [0.5, 0.6) is 0 Å². The molecule has 2 heterocycles. The largest absolute Gasteiger partial charge is 0.417 e. The van der Waals surface area contributed by atoms with E-state index in [4.69, 9.17) is 11.6 Å². The van der Waals surface area contributed by atoms with Crippen molar-refractivity contribution < 1.29 is 71.0 Å². The molecule has 1 aromatic carbocycles. The van der Waals surface area contributed by atoms with Crippen LogP contribution in [0.4, 0.5) is 13.2 Å². The maximum absolute atomic E-state index is 15.8. The Bertz CT molecular complexity index is 2990. The Morgan fingerprint density at radius 2 is 1.26 bits per heavy atom. The lowest BCUT2D eigenvalue weighted by molar-refractivity contribution is -0.157. The lowest BCUT2D eigenvalue weighted by Gasteiger charge is -2.44. The summed E-state index contributed by atoms with van der Waals surface area (Å²) in [5.74, 6) is -6.00. The van der Waals surface area contributed by atoms with Gasteiger partial charge >= 0.3 is 6.18 Å². The summed E-state index contributed by atoms with van der Waals surface area (Å²) in [5, 5.41) is 21.2. The highest BCUT2D eigenvalue weighted by molar-refractivity contribution is 6.31. The van der Waals surface area contributed by atoms with Gasteiger partial charge in [-0.1, -0.05) is 96.7 Å². The predicted molar refractivity (Wildman–Crippen MR) is 372 cm³/mol. The topological polar surface area (TPSA) is 273 Å². The summed E-state index contributed by atoms with van der Waals surface area (Å²) in [6, 6.07) is -3.73. The Kier molecular flexibility index (Phi) is 31.1. The number of carbonyl (C=O) groups excluding carboxylic acids is 11. The minimum Gasteiger partial charge on any atom is -0.378 e. The molecule has 1 aromatic rings. The number of aldehydes is 1. The highest BCUT2D eigenvalue weighted by atomic mass is 35.5. The third kappa shape index (κ3) is 20.9. The number of likely N-dealkylation sites (tertiary alicyclic amines) is 2. The zero-order valence-corrected chi connectivity index (χ0v) is 62.0. The molecular formula is C72H114ClF3N12O12. The molecule has 0 spiro atoms. The van der Waals surface area contributed by atoms with E-state index in [1.807, 2.05) is 20.8 Å². The maximum Gasteiger partial charge on any atom is 0.417 e. The molecule has 6 rings (SSSR count). The monoisotopic (exact) mass is 1430 g/mol. The van der Waals surface area contributed by atoms with Crippen molar-refractivity contribution in [3.05, 3.63) is 34.3 Å². The van der Waals surface area contributed by atoms with E-state index in [1.165, 1.54) is 86.6 Å². The van der Waals surface area contributed by atoms with Gasteiger partial charge in [0.05, 0.1) is 42.3 Å². The molecule has 28 heteroatoms. The standard InChI is InChI=1S/C72H114ClF3N12O12/c1-13-47(4)60(67(97)82(8)44-58(91)81(7)45-59(92)85(11)61(49-27-18-19-28-49)68(98)80(6)39-40-89)78-63(93)55(41-46(2)3)83(9)57(90)43-56(66(96)87-36-22-15-23-37-87)84(10)69(99)62(50-25-16-14-17-26-50)86(12)70(100)71(34-20-21-35-71)79-64(94)54-29-24-38-88(54)65(95)53(77-5)33-31-48-30-32-51(52(73)42-48)72(74,75)76/h30,32,40,42,46-47,49-50,53-57,60-62,77,90H,13-29,31,33-39,41,43-45H2,1-12H3,(H,78,93)(H,79,94)/t47-,53-,54-,55-,56-,57?,60-,61-,62-/m0/s1. The summed E-state index contributed by atoms with van der Waals surface area (Å²) >= 11 is 6.01. The summed E-state index contributed by atoms with van der Waals surface area (Å²) < 4.78 is 40.4. The Morgan fingerprint density at radius 1 is 0.680 bits per heavy atom. The quantitative estimate of drug-likeness (QED) is 0.0484. The van der Waals surface area contributed by atoms with Gasteiger partial charge in [0.25, 0.3) is 0 Å². The van der Waals surface area contributed by atoms with Crippen LogP contribution in [0.25, 0.3) is 0 Å². The van der Waals surface area contributed by atoms with E-state index < -0.39 is 137 Å². The molecule has 3 saturated carbocycles. The number of benzene rings is 1. The number of amides is 10. The van der Waals surface area contributed by atoms with Gasteiger partial charge in [-0.05, 0) is 145 Å². The molecule has 5 fully saturated rings. The van der Waals surface area contributed by atoms with Crippen molar-refractivity contribution in [1.29, 1.82) is 0 Å². The van der Waals surface area contributed by atoms with Crippen LogP contribution in [0.15, 0.2) is 18.2 Å². The van der Waals surface area contributed by atoms with Gasteiger partial charge in [-0.25, -0.2) is 0 Å². The number of piperidine rings is 1. The second kappa shape index (κ2) is 37.6. The van der Waals surface area contributed by atoms with Gasteiger partial charge in [0.15, 0.2) is 0 Å². The number of halogens is 4. The highest BCUT2D eigenvalue weighted by Crippen LogP contribution is 2.39. The number of aliphatic hydroxyl groups is 1.